The Morgan fingerprint density at radius 1 is 1.41 bits per heavy atom. The maximum absolute atomic E-state index is 11.7. The van der Waals surface area contributed by atoms with Crippen LogP contribution >= 0.6 is 11.6 Å². The van der Waals surface area contributed by atoms with E-state index in [1.54, 1.807) is 13.0 Å². The molecule has 0 bridgehead atoms. The smallest absolute Gasteiger partial charge is 0.337 e. The van der Waals surface area contributed by atoms with Crippen LogP contribution in [0, 0.1) is 6.92 Å². The van der Waals surface area contributed by atoms with Crippen LogP contribution in [-0.4, -0.2) is 41.5 Å². The van der Waals surface area contributed by atoms with E-state index in [0.717, 1.165) is 0 Å². The van der Waals surface area contributed by atoms with Crippen molar-refractivity contribution < 1.29 is 19.2 Å². The van der Waals surface area contributed by atoms with Gasteiger partial charge in [-0.1, -0.05) is 16.8 Å². The molecule has 3 rings (SSSR count). The molecule has 0 radical (unpaired) electrons. The number of carboxylic acid groups (broad SMARTS) is 1. The number of anilines is 1. The number of aromatic carboxylic acids is 1. The molecule has 0 amide bonds. The Morgan fingerprint density at radius 3 is 2.64 bits per heavy atom. The lowest BCUT2D eigenvalue weighted by Crippen LogP contribution is -2.46. The number of fused-ring (bicyclic) bond motifs is 1. The molecule has 118 valence electrons. The number of hydrogen-bond acceptors (Lipinski definition) is 5. The molecular weight excluding hydrogens is 308 g/mol. The van der Waals surface area contributed by atoms with Crippen LogP contribution in [0.5, 0.6) is 0 Å². The van der Waals surface area contributed by atoms with Crippen molar-refractivity contribution in [2.24, 2.45) is 0 Å². The van der Waals surface area contributed by atoms with Crippen molar-refractivity contribution >= 4 is 34.2 Å². The number of aromatic nitrogens is 1. The van der Waals surface area contributed by atoms with Gasteiger partial charge in [-0.05, 0) is 26.8 Å². The first-order valence-corrected chi connectivity index (χ1v) is 7.48. The fourth-order valence-electron chi connectivity index (χ4n) is 2.98. The molecule has 22 heavy (non-hydrogen) atoms. The summed E-state index contributed by atoms with van der Waals surface area (Å²) in [5, 5.41) is 14.4. The molecule has 0 unspecified atom stereocenters. The molecule has 0 aliphatic carbocycles. The molecule has 7 heteroatoms. The molecule has 2 atom stereocenters. The molecule has 1 aromatic heterocycles. The van der Waals surface area contributed by atoms with Crippen LogP contribution < -0.4 is 4.90 Å². The minimum absolute atomic E-state index is 0.00591. The van der Waals surface area contributed by atoms with E-state index in [-0.39, 0.29) is 22.8 Å². The zero-order valence-corrected chi connectivity index (χ0v) is 13.3. The van der Waals surface area contributed by atoms with Crippen LogP contribution in [0.1, 0.15) is 29.9 Å². The molecule has 1 aromatic carbocycles. The van der Waals surface area contributed by atoms with Gasteiger partial charge in [0.2, 0.25) is 0 Å². The number of ether oxygens (including phenoxy) is 1. The highest BCUT2D eigenvalue weighted by Crippen LogP contribution is 2.39. The molecule has 0 saturated carbocycles. The molecule has 1 saturated heterocycles. The van der Waals surface area contributed by atoms with Crippen LogP contribution in [0.15, 0.2) is 10.6 Å². The third kappa shape index (κ3) is 2.42. The van der Waals surface area contributed by atoms with Crippen molar-refractivity contribution in [1.29, 1.82) is 0 Å². The first-order valence-electron chi connectivity index (χ1n) is 7.10. The molecular formula is C15H17ClN2O4. The largest absolute Gasteiger partial charge is 0.478 e. The molecule has 1 N–H and O–H groups in total. The average molecular weight is 325 g/mol. The number of carboxylic acids is 1. The number of morpholine rings is 1. The Bertz CT molecular complexity index is 733. The van der Waals surface area contributed by atoms with Crippen molar-refractivity contribution in [1.82, 2.24) is 5.16 Å². The second-order valence-corrected chi connectivity index (χ2v) is 6.08. The van der Waals surface area contributed by atoms with Gasteiger partial charge in [0.25, 0.3) is 0 Å². The lowest BCUT2D eigenvalue weighted by Gasteiger charge is -2.37. The zero-order chi connectivity index (χ0) is 16.0. The summed E-state index contributed by atoms with van der Waals surface area (Å²) < 4.78 is 11.0. The summed E-state index contributed by atoms with van der Waals surface area (Å²) in [6.07, 6.45) is -0.0118. The Labute approximate surface area is 132 Å². The molecule has 0 spiro atoms. The van der Waals surface area contributed by atoms with Crippen molar-refractivity contribution in [3.8, 4) is 0 Å². The van der Waals surface area contributed by atoms with E-state index >= 15 is 0 Å². The number of aryl methyl sites for hydroxylation is 1. The number of rotatable bonds is 2. The summed E-state index contributed by atoms with van der Waals surface area (Å²) in [6, 6.07) is 1.58. The topological polar surface area (TPSA) is 75.8 Å². The van der Waals surface area contributed by atoms with Crippen LogP contribution in [0.4, 0.5) is 5.69 Å². The van der Waals surface area contributed by atoms with Gasteiger partial charge in [-0.15, -0.1) is 0 Å². The summed E-state index contributed by atoms with van der Waals surface area (Å²) in [6.45, 7) is 6.81. The van der Waals surface area contributed by atoms with Crippen LogP contribution in [0.25, 0.3) is 11.0 Å². The zero-order valence-electron chi connectivity index (χ0n) is 12.6. The van der Waals surface area contributed by atoms with Gasteiger partial charge in [-0.3, -0.25) is 0 Å². The quantitative estimate of drug-likeness (QED) is 0.914. The molecule has 6 nitrogen and oxygen atoms in total. The minimum atomic E-state index is -1.02. The molecule has 1 fully saturated rings. The van der Waals surface area contributed by atoms with Crippen molar-refractivity contribution in [3.63, 3.8) is 0 Å². The summed E-state index contributed by atoms with van der Waals surface area (Å²) in [5.74, 6) is -1.02. The second-order valence-electron chi connectivity index (χ2n) is 5.70. The summed E-state index contributed by atoms with van der Waals surface area (Å²) >= 11 is 6.45. The van der Waals surface area contributed by atoms with Gasteiger partial charge in [0.15, 0.2) is 5.58 Å². The predicted octanol–water partition coefficient (Wildman–Crippen LogP) is 3.10. The predicted molar refractivity (Wildman–Crippen MR) is 82.9 cm³/mol. The van der Waals surface area contributed by atoms with Gasteiger partial charge in [0.1, 0.15) is 5.02 Å². The van der Waals surface area contributed by atoms with Crippen LogP contribution in [0.3, 0.4) is 0 Å². The molecule has 2 aromatic rings. The third-order valence-electron chi connectivity index (χ3n) is 3.83. The van der Waals surface area contributed by atoms with Gasteiger partial charge in [0, 0.05) is 18.5 Å². The van der Waals surface area contributed by atoms with E-state index in [4.69, 9.17) is 20.9 Å². The Kier molecular flexibility index (Phi) is 3.74. The fraction of sp³-hybridized carbons (Fsp3) is 0.467. The molecule has 1 aliphatic rings. The highest BCUT2D eigenvalue weighted by Gasteiger charge is 2.30. The fourth-order valence-corrected chi connectivity index (χ4v) is 3.33. The van der Waals surface area contributed by atoms with Crippen molar-refractivity contribution in [2.45, 2.75) is 33.0 Å². The number of carbonyl (C=O) groups is 1. The van der Waals surface area contributed by atoms with E-state index in [9.17, 15) is 9.90 Å². The van der Waals surface area contributed by atoms with Gasteiger partial charge >= 0.3 is 5.97 Å². The van der Waals surface area contributed by atoms with Gasteiger partial charge in [0.05, 0.1) is 29.2 Å². The maximum atomic E-state index is 11.7. The van der Waals surface area contributed by atoms with Crippen LogP contribution in [0.2, 0.25) is 5.02 Å². The normalized spacial score (nSPS) is 22.3. The number of nitrogens with zero attached hydrogens (tertiary/aromatic N) is 2. The first-order chi connectivity index (χ1) is 10.4. The highest BCUT2D eigenvalue weighted by atomic mass is 35.5. The Morgan fingerprint density at radius 2 is 2.05 bits per heavy atom. The van der Waals surface area contributed by atoms with Gasteiger partial charge < -0.3 is 19.3 Å². The second kappa shape index (κ2) is 5.44. The lowest BCUT2D eigenvalue weighted by atomic mass is 10.1. The van der Waals surface area contributed by atoms with Crippen molar-refractivity contribution in [2.75, 3.05) is 18.0 Å². The number of halogens is 1. The molecule has 1 aliphatic heterocycles. The van der Waals surface area contributed by atoms with E-state index in [2.05, 4.69) is 5.16 Å². The highest BCUT2D eigenvalue weighted by molar-refractivity contribution is 6.38. The third-order valence-corrected chi connectivity index (χ3v) is 4.18. The molecule has 2 heterocycles. The van der Waals surface area contributed by atoms with Gasteiger partial charge in [-0.25, -0.2) is 4.79 Å². The standard InChI is InChI=1S/C15H17ClN2O4/c1-7-5-18(6-8(2)21-7)13-11(15(19)20)4-10-9(3)17-22-14(10)12(13)16/h4,7-8H,5-6H2,1-3H3,(H,19,20)/t7-,8+. The Hall–Kier alpha value is -1.79. The van der Waals surface area contributed by atoms with Crippen molar-refractivity contribution in [3.05, 3.63) is 22.3 Å². The maximum Gasteiger partial charge on any atom is 0.337 e. The van der Waals surface area contributed by atoms with E-state index in [0.29, 0.717) is 35.4 Å². The lowest BCUT2D eigenvalue weighted by molar-refractivity contribution is -0.00530. The SMILES string of the molecule is Cc1noc2c(Cl)c(N3C[C@@H](C)O[C@@H](C)C3)c(C(=O)O)cc12. The minimum Gasteiger partial charge on any atom is -0.478 e. The summed E-state index contributed by atoms with van der Waals surface area (Å²) in [5.41, 5.74) is 1.67. The number of hydrogen-bond donors (Lipinski definition) is 1. The number of benzene rings is 1. The van der Waals surface area contributed by atoms with Crippen LogP contribution in [-0.2, 0) is 4.74 Å². The average Bonchev–Trinajstić information content (AvgIpc) is 2.79. The van der Waals surface area contributed by atoms with E-state index in [1.807, 2.05) is 18.7 Å². The monoisotopic (exact) mass is 324 g/mol. The Balaban J connectivity index is 2.20. The summed E-state index contributed by atoms with van der Waals surface area (Å²) in [7, 11) is 0. The van der Waals surface area contributed by atoms with Gasteiger partial charge in [-0.2, -0.15) is 0 Å². The van der Waals surface area contributed by atoms with E-state index in [1.165, 1.54) is 0 Å². The summed E-state index contributed by atoms with van der Waals surface area (Å²) in [4.78, 5) is 13.6. The first kappa shape index (κ1) is 15.1. The van der Waals surface area contributed by atoms with E-state index < -0.39 is 5.97 Å².